The van der Waals surface area contributed by atoms with Crippen LogP contribution in [-0.2, 0) is 11.2 Å². The highest BCUT2D eigenvalue weighted by molar-refractivity contribution is 5.99. The van der Waals surface area contributed by atoms with E-state index in [9.17, 15) is 13.2 Å². The lowest BCUT2D eigenvalue weighted by Crippen LogP contribution is -2.36. The highest BCUT2D eigenvalue weighted by atomic mass is 19.2. The minimum absolute atomic E-state index is 0.0517. The predicted molar refractivity (Wildman–Crippen MR) is 105 cm³/mol. The van der Waals surface area contributed by atoms with Gasteiger partial charge in [0.15, 0.2) is 11.6 Å². The van der Waals surface area contributed by atoms with Crippen LogP contribution in [0.3, 0.4) is 0 Å². The van der Waals surface area contributed by atoms with E-state index in [1.54, 1.807) is 0 Å². The second kappa shape index (κ2) is 7.26. The largest absolute Gasteiger partial charge is 0.485 e. The van der Waals surface area contributed by atoms with Crippen LogP contribution in [0.2, 0.25) is 0 Å². The molecule has 3 aromatic carbocycles. The van der Waals surface area contributed by atoms with E-state index in [1.807, 2.05) is 24.3 Å². The third-order valence-electron chi connectivity index (χ3n) is 5.72. The molecule has 3 aromatic rings. The predicted octanol–water partition coefficient (Wildman–Crippen LogP) is 5.16. The number of hydrogen-bond acceptors (Lipinski definition) is 3. The summed E-state index contributed by atoms with van der Waals surface area (Å²) in [7, 11) is 0. The molecule has 2 aliphatic heterocycles. The Morgan fingerprint density at radius 3 is 2.38 bits per heavy atom. The lowest BCUT2D eigenvalue weighted by atomic mass is 9.93. The molecule has 2 aliphatic rings. The van der Waals surface area contributed by atoms with E-state index in [4.69, 9.17) is 9.47 Å². The third-order valence-corrected chi connectivity index (χ3v) is 5.72. The zero-order chi connectivity index (χ0) is 20.0. The molecule has 0 saturated carbocycles. The van der Waals surface area contributed by atoms with E-state index in [1.165, 1.54) is 0 Å². The molecule has 0 amide bonds. The molecule has 3 nitrogen and oxygen atoms in total. The van der Waals surface area contributed by atoms with Gasteiger partial charge in [-0.15, -0.1) is 0 Å². The first kappa shape index (κ1) is 18.3. The van der Waals surface area contributed by atoms with Crippen molar-refractivity contribution in [2.24, 2.45) is 0 Å². The Morgan fingerprint density at radius 2 is 1.59 bits per heavy atom. The molecule has 0 aliphatic carbocycles. The van der Waals surface area contributed by atoms with Crippen LogP contribution in [0, 0.1) is 17.5 Å². The van der Waals surface area contributed by atoms with E-state index in [2.05, 4.69) is 11.0 Å². The fourth-order valence-electron chi connectivity index (χ4n) is 4.27. The van der Waals surface area contributed by atoms with Gasteiger partial charge in [-0.05, 0) is 30.5 Å². The highest BCUT2D eigenvalue weighted by Crippen LogP contribution is 2.44. The van der Waals surface area contributed by atoms with Crippen molar-refractivity contribution >= 4 is 16.5 Å². The maximum Gasteiger partial charge on any atom is 0.161 e. The molecule has 1 fully saturated rings. The van der Waals surface area contributed by atoms with Gasteiger partial charge in [-0.25, -0.2) is 13.2 Å². The van der Waals surface area contributed by atoms with Crippen molar-refractivity contribution < 1.29 is 22.6 Å². The van der Waals surface area contributed by atoms with Gasteiger partial charge in [0, 0.05) is 41.2 Å². The first-order valence-corrected chi connectivity index (χ1v) is 9.80. The summed E-state index contributed by atoms with van der Waals surface area (Å²) in [6.07, 6.45) is 0.506. The molecule has 1 atom stereocenters. The number of rotatable bonds is 2. The molecular formula is C23H20F3NO2. The molecule has 150 valence electrons. The topological polar surface area (TPSA) is 21.7 Å². The van der Waals surface area contributed by atoms with Crippen LogP contribution in [0.5, 0.6) is 5.75 Å². The lowest BCUT2D eigenvalue weighted by Gasteiger charge is -2.33. The van der Waals surface area contributed by atoms with Crippen molar-refractivity contribution in [3.05, 3.63) is 71.0 Å². The van der Waals surface area contributed by atoms with Crippen molar-refractivity contribution in [3.8, 4) is 5.75 Å². The molecule has 1 unspecified atom stereocenters. The Kier molecular flexibility index (Phi) is 4.59. The smallest absolute Gasteiger partial charge is 0.161 e. The number of halogens is 3. The van der Waals surface area contributed by atoms with Crippen LogP contribution in [0.4, 0.5) is 18.9 Å². The number of morpholine rings is 1. The van der Waals surface area contributed by atoms with Crippen molar-refractivity contribution in [3.63, 3.8) is 0 Å². The van der Waals surface area contributed by atoms with Crippen molar-refractivity contribution in [2.75, 3.05) is 31.2 Å². The minimum Gasteiger partial charge on any atom is -0.485 e. The summed E-state index contributed by atoms with van der Waals surface area (Å²) in [5.74, 6) is -2.35. The molecule has 2 heterocycles. The van der Waals surface area contributed by atoms with Crippen molar-refractivity contribution in [1.29, 1.82) is 0 Å². The molecule has 6 heteroatoms. The highest BCUT2D eigenvalue weighted by Gasteiger charge is 2.28. The number of fused-ring (bicyclic) bond motifs is 3. The number of nitrogens with zero attached hydrogens (tertiary/aromatic N) is 1. The van der Waals surface area contributed by atoms with Gasteiger partial charge < -0.3 is 14.4 Å². The maximum absolute atomic E-state index is 14.3. The summed E-state index contributed by atoms with van der Waals surface area (Å²) in [5.41, 5.74) is 2.24. The molecule has 0 radical (unpaired) electrons. The lowest BCUT2D eigenvalue weighted by molar-refractivity contribution is 0.123. The first-order chi connectivity index (χ1) is 14.1. The minimum atomic E-state index is -1.19. The Hall–Kier alpha value is -2.73. The Labute approximate surface area is 166 Å². The van der Waals surface area contributed by atoms with Crippen LogP contribution < -0.4 is 9.64 Å². The van der Waals surface area contributed by atoms with Crippen LogP contribution in [0.15, 0.2) is 42.5 Å². The third kappa shape index (κ3) is 3.21. The van der Waals surface area contributed by atoms with Gasteiger partial charge in [0.2, 0.25) is 0 Å². The van der Waals surface area contributed by atoms with Crippen LogP contribution >= 0.6 is 0 Å². The maximum atomic E-state index is 14.3. The number of aryl methyl sites for hydroxylation is 1. The average molecular weight is 399 g/mol. The fourth-order valence-corrected chi connectivity index (χ4v) is 4.27. The fraction of sp³-hybridized carbons (Fsp3) is 0.304. The van der Waals surface area contributed by atoms with Crippen LogP contribution in [0.25, 0.3) is 10.8 Å². The standard InChI is InChI=1S/C23H20F3NO2/c24-18-13-20(26)19(25)12-17(18)22-6-5-14-11-21(27-7-9-28-10-8-27)15-3-1-2-4-16(15)23(14)29-22/h1-4,11-13,22H,5-10H2. The summed E-state index contributed by atoms with van der Waals surface area (Å²) in [4.78, 5) is 2.31. The van der Waals surface area contributed by atoms with Gasteiger partial charge in [0.1, 0.15) is 17.7 Å². The molecule has 29 heavy (non-hydrogen) atoms. The summed E-state index contributed by atoms with van der Waals surface area (Å²) in [5, 5.41) is 2.00. The summed E-state index contributed by atoms with van der Waals surface area (Å²) in [6, 6.07) is 11.6. The number of anilines is 1. The van der Waals surface area contributed by atoms with E-state index >= 15 is 0 Å². The van der Waals surface area contributed by atoms with Crippen molar-refractivity contribution in [1.82, 2.24) is 0 Å². The second-order valence-electron chi connectivity index (χ2n) is 7.46. The molecular weight excluding hydrogens is 379 g/mol. The van der Waals surface area contributed by atoms with Crippen molar-refractivity contribution in [2.45, 2.75) is 18.9 Å². The van der Waals surface area contributed by atoms with E-state index < -0.39 is 23.6 Å². The Bertz CT molecular complexity index is 1080. The zero-order valence-electron chi connectivity index (χ0n) is 15.8. The van der Waals surface area contributed by atoms with Gasteiger partial charge in [-0.3, -0.25) is 0 Å². The monoisotopic (exact) mass is 399 g/mol. The summed E-state index contributed by atoms with van der Waals surface area (Å²) in [6.45, 7) is 3.04. The van der Waals surface area contributed by atoms with Gasteiger partial charge in [-0.2, -0.15) is 0 Å². The Morgan fingerprint density at radius 1 is 0.862 bits per heavy atom. The molecule has 1 saturated heterocycles. The van der Waals surface area contributed by atoms with Gasteiger partial charge in [-0.1, -0.05) is 24.3 Å². The quantitative estimate of drug-likeness (QED) is 0.556. The summed E-state index contributed by atoms with van der Waals surface area (Å²) >= 11 is 0. The van der Waals surface area contributed by atoms with Gasteiger partial charge >= 0.3 is 0 Å². The normalized spacial score (nSPS) is 19.1. The van der Waals surface area contributed by atoms with Gasteiger partial charge in [0.25, 0.3) is 0 Å². The number of benzene rings is 3. The second-order valence-corrected chi connectivity index (χ2v) is 7.46. The summed E-state index contributed by atoms with van der Waals surface area (Å²) < 4.78 is 53.0. The van der Waals surface area contributed by atoms with E-state index in [0.717, 1.165) is 41.2 Å². The van der Waals surface area contributed by atoms with Crippen LogP contribution in [0.1, 0.15) is 23.7 Å². The van der Waals surface area contributed by atoms with Crippen LogP contribution in [-0.4, -0.2) is 26.3 Å². The SMILES string of the molecule is Fc1cc(F)c(C2CCc3cc(N4CCOCC4)c4ccccc4c3O2)cc1F. The zero-order valence-corrected chi connectivity index (χ0v) is 15.8. The van der Waals surface area contributed by atoms with E-state index in [0.29, 0.717) is 37.9 Å². The number of hydrogen-bond donors (Lipinski definition) is 0. The number of ether oxygens (including phenoxy) is 2. The van der Waals surface area contributed by atoms with E-state index in [-0.39, 0.29) is 5.56 Å². The average Bonchev–Trinajstić information content (AvgIpc) is 2.76. The molecule has 0 N–H and O–H groups in total. The Balaban J connectivity index is 1.58. The molecule has 5 rings (SSSR count). The molecule has 0 spiro atoms. The molecule has 0 bridgehead atoms. The molecule has 0 aromatic heterocycles. The van der Waals surface area contributed by atoms with Gasteiger partial charge in [0.05, 0.1) is 13.2 Å². The first-order valence-electron chi connectivity index (χ1n) is 9.80.